The highest BCUT2D eigenvalue weighted by Gasteiger charge is 2.24. The molecule has 1 atom stereocenters. The van der Waals surface area contributed by atoms with Crippen molar-refractivity contribution in [3.63, 3.8) is 0 Å². The minimum atomic E-state index is 0.0912. The number of hydrogen-bond acceptors (Lipinski definition) is 4. The van der Waals surface area contributed by atoms with Gasteiger partial charge in [0.25, 0.3) is 0 Å². The smallest absolute Gasteiger partial charge is 0.124 e. The van der Waals surface area contributed by atoms with Gasteiger partial charge in [-0.25, -0.2) is 0 Å². The lowest BCUT2D eigenvalue weighted by Gasteiger charge is -2.27. The van der Waals surface area contributed by atoms with Crippen molar-refractivity contribution < 1.29 is 18.9 Å². The van der Waals surface area contributed by atoms with Crippen molar-refractivity contribution in [3.05, 3.63) is 23.3 Å². The van der Waals surface area contributed by atoms with E-state index in [-0.39, 0.29) is 6.10 Å². The molecule has 0 saturated carbocycles. The summed E-state index contributed by atoms with van der Waals surface area (Å²) in [7, 11) is 5.04. The molecule has 0 N–H and O–H groups in total. The maximum absolute atomic E-state index is 5.73. The summed E-state index contributed by atoms with van der Waals surface area (Å²) in [6, 6.07) is 3.85. The Morgan fingerprint density at radius 3 is 2.35 bits per heavy atom. The molecule has 17 heavy (non-hydrogen) atoms. The second kappa shape index (κ2) is 5.38. The Bertz CT molecular complexity index is 389. The van der Waals surface area contributed by atoms with Gasteiger partial charge >= 0.3 is 0 Å². The lowest BCUT2D eigenvalue weighted by molar-refractivity contribution is -0.0210. The molecule has 0 aromatic heterocycles. The van der Waals surface area contributed by atoms with E-state index in [4.69, 9.17) is 18.9 Å². The summed E-state index contributed by atoms with van der Waals surface area (Å²) in [5.74, 6) is 1.75. The Labute approximate surface area is 101 Å². The van der Waals surface area contributed by atoms with E-state index < -0.39 is 0 Å². The van der Waals surface area contributed by atoms with Crippen LogP contribution in [0.15, 0.2) is 12.1 Å². The maximum Gasteiger partial charge on any atom is 0.124 e. The average Bonchev–Trinajstić information content (AvgIpc) is 2.37. The predicted octanol–water partition coefficient (Wildman–Crippen LogP) is 1.79. The second-order valence-electron chi connectivity index (χ2n) is 4.02. The minimum absolute atomic E-state index is 0.0912. The van der Waals surface area contributed by atoms with Crippen LogP contribution in [0.5, 0.6) is 11.5 Å². The molecule has 1 heterocycles. The number of hydrogen-bond donors (Lipinski definition) is 0. The van der Waals surface area contributed by atoms with Crippen molar-refractivity contribution >= 4 is 0 Å². The fourth-order valence-electron chi connectivity index (χ4n) is 2.20. The zero-order valence-electron chi connectivity index (χ0n) is 10.5. The molecule has 1 aliphatic heterocycles. The van der Waals surface area contributed by atoms with E-state index in [1.165, 1.54) is 5.56 Å². The zero-order chi connectivity index (χ0) is 12.3. The first-order valence-corrected chi connectivity index (χ1v) is 5.63. The molecule has 1 unspecified atom stereocenters. The fourth-order valence-corrected chi connectivity index (χ4v) is 2.20. The quantitative estimate of drug-likeness (QED) is 0.801. The number of rotatable bonds is 4. The van der Waals surface area contributed by atoms with Crippen LogP contribution in [0.4, 0.5) is 0 Å². The Kier molecular flexibility index (Phi) is 3.86. The maximum atomic E-state index is 5.73. The van der Waals surface area contributed by atoms with Gasteiger partial charge in [0.1, 0.15) is 11.5 Å². The molecule has 0 radical (unpaired) electrons. The van der Waals surface area contributed by atoms with Gasteiger partial charge in [-0.1, -0.05) is 0 Å². The highest BCUT2D eigenvalue weighted by atomic mass is 16.5. The standard InChI is InChI=1S/C13H18O4/c1-14-7-9-6-10-11(8-17-9)13(16-3)5-4-12(10)15-2/h4-5,9H,6-8H2,1-3H3. The average molecular weight is 238 g/mol. The normalized spacial score (nSPS) is 18.6. The van der Waals surface area contributed by atoms with E-state index in [2.05, 4.69) is 0 Å². The van der Waals surface area contributed by atoms with Crippen LogP contribution in [-0.2, 0) is 22.5 Å². The van der Waals surface area contributed by atoms with Crippen LogP contribution in [-0.4, -0.2) is 34.0 Å². The summed E-state index contributed by atoms with van der Waals surface area (Å²) in [5, 5.41) is 0. The summed E-state index contributed by atoms with van der Waals surface area (Å²) in [5.41, 5.74) is 2.25. The van der Waals surface area contributed by atoms with Crippen LogP contribution in [0.2, 0.25) is 0 Å². The molecule has 1 aromatic carbocycles. The van der Waals surface area contributed by atoms with Crippen molar-refractivity contribution in [1.29, 1.82) is 0 Å². The highest BCUT2D eigenvalue weighted by Crippen LogP contribution is 2.35. The van der Waals surface area contributed by atoms with E-state index in [1.807, 2.05) is 12.1 Å². The van der Waals surface area contributed by atoms with Crippen LogP contribution in [0.1, 0.15) is 11.1 Å². The van der Waals surface area contributed by atoms with Crippen molar-refractivity contribution in [1.82, 2.24) is 0 Å². The highest BCUT2D eigenvalue weighted by molar-refractivity contribution is 5.49. The first kappa shape index (κ1) is 12.2. The van der Waals surface area contributed by atoms with Gasteiger partial charge in [-0.2, -0.15) is 0 Å². The summed E-state index contributed by atoms with van der Waals surface area (Å²) < 4.78 is 21.6. The van der Waals surface area contributed by atoms with Gasteiger partial charge in [0, 0.05) is 24.7 Å². The molecule has 0 aliphatic carbocycles. The van der Waals surface area contributed by atoms with Crippen LogP contribution in [0.25, 0.3) is 0 Å². The lowest BCUT2D eigenvalue weighted by atomic mass is 9.97. The molecule has 0 spiro atoms. The van der Waals surface area contributed by atoms with Crippen LogP contribution >= 0.6 is 0 Å². The molecule has 0 saturated heterocycles. The molecular weight excluding hydrogens is 220 g/mol. The second-order valence-corrected chi connectivity index (χ2v) is 4.02. The third-order valence-corrected chi connectivity index (χ3v) is 3.03. The Morgan fingerprint density at radius 2 is 1.76 bits per heavy atom. The third-order valence-electron chi connectivity index (χ3n) is 3.03. The topological polar surface area (TPSA) is 36.9 Å². The molecule has 0 bridgehead atoms. The largest absolute Gasteiger partial charge is 0.496 e. The van der Waals surface area contributed by atoms with Crippen molar-refractivity contribution in [3.8, 4) is 11.5 Å². The van der Waals surface area contributed by atoms with Gasteiger partial charge in [0.15, 0.2) is 0 Å². The molecule has 1 aliphatic rings. The Morgan fingerprint density at radius 1 is 1.12 bits per heavy atom. The molecule has 2 rings (SSSR count). The minimum Gasteiger partial charge on any atom is -0.496 e. The first-order chi connectivity index (χ1) is 8.30. The van der Waals surface area contributed by atoms with Crippen LogP contribution < -0.4 is 9.47 Å². The van der Waals surface area contributed by atoms with Gasteiger partial charge in [0.05, 0.1) is 33.5 Å². The first-order valence-electron chi connectivity index (χ1n) is 5.63. The van der Waals surface area contributed by atoms with Gasteiger partial charge in [-0.15, -0.1) is 0 Å². The van der Waals surface area contributed by atoms with Crippen LogP contribution in [0.3, 0.4) is 0 Å². The van der Waals surface area contributed by atoms with Gasteiger partial charge in [-0.3, -0.25) is 0 Å². The van der Waals surface area contributed by atoms with Crippen molar-refractivity contribution in [2.75, 3.05) is 27.9 Å². The number of methoxy groups -OCH3 is 3. The molecule has 94 valence electrons. The number of ether oxygens (including phenoxy) is 4. The fraction of sp³-hybridized carbons (Fsp3) is 0.538. The van der Waals surface area contributed by atoms with E-state index in [0.717, 1.165) is 23.5 Å². The molecule has 1 aromatic rings. The summed E-state index contributed by atoms with van der Waals surface area (Å²) in [6.07, 6.45) is 0.886. The van der Waals surface area contributed by atoms with E-state index >= 15 is 0 Å². The lowest BCUT2D eigenvalue weighted by Crippen LogP contribution is -2.27. The SMILES string of the molecule is COCC1Cc2c(OC)ccc(OC)c2CO1. The zero-order valence-corrected chi connectivity index (χ0v) is 10.5. The summed E-state index contributed by atoms with van der Waals surface area (Å²) >= 11 is 0. The molecule has 4 heteroatoms. The van der Waals surface area contributed by atoms with E-state index in [1.54, 1.807) is 21.3 Å². The number of benzene rings is 1. The monoisotopic (exact) mass is 238 g/mol. The van der Waals surface area contributed by atoms with Gasteiger partial charge < -0.3 is 18.9 Å². The van der Waals surface area contributed by atoms with E-state index in [9.17, 15) is 0 Å². The molecule has 0 fully saturated rings. The molecular formula is C13H18O4. The van der Waals surface area contributed by atoms with Crippen molar-refractivity contribution in [2.45, 2.75) is 19.1 Å². The number of fused-ring (bicyclic) bond motifs is 1. The van der Waals surface area contributed by atoms with Gasteiger partial charge in [0.2, 0.25) is 0 Å². The molecule has 0 amide bonds. The van der Waals surface area contributed by atoms with E-state index in [0.29, 0.717) is 13.2 Å². The predicted molar refractivity (Wildman–Crippen MR) is 63.7 cm³/mol. The third kappa shape index (κ3) is 2.37. The molecule has 4 nitrogen and oxygen atoms in total. The summed E-state index contributed by atoms with van der Waals surface area (Å²) in [6.45, 7) is 1.14. The van der Waals surface area contributed by atoms with Gasteiger partial charge in [-0.05, 0) is 12.1 Å². The Balaban J connectivity index is 2.33. The summed E-state index contributed by atoms with van der Waals surface area (Å²) in [4.78, 5) is 0. The van der Waals surface area contributed by atoms with Crippen molar-refractivity contribution in [2.24, 2.45) is 0 Å². The van der Waals surface area contributed by atoms with Crippen LogP contribution in [0, 0.1) is 0 Å². The Hall–Kier alpha value is -1.26.